The zero-order valence-corrected chi connectivity index (χ0v) is 10.6. The van der Waals surface area contributed by atoms with E-state index in [1.54, 1.807) is 0 Å². The molecule has 0 spiro atoms. The van der Waals surface area contributed by atoms with Gasteiger partial charge in [-0.15, -0.1) is 12.4 Å². The zero-order chi connectivity index (χ0) is 10.9. The Morgan fingerprint density at radius 2 is 2.06 bits per heavy atom. The first-order valence-corrected chi connectivity index (χ1v) is 5.35. The van der Waals surface area contributed by atoms with Crippen LogP contribution >= 0.6 is 12.4 Å². The molecule has 1 aliphatic rings. The quantitative estimate of drug-likeness (QED) is 0.863. The maximum Gasteiger partial charge on any atom is 0.143 e. The number of benzene rings is 1. The van der Waals surface area contributed by atoms with Gasteiger partial charge in [0.15, 0.2) is 0 Å². The molecule has 3 nitrogen and oxygen atoms in total. The Hall–Kier alpha value is -0.930. The van der Waals surface area contributed by atoms with E-state index in [1.807, 2.05) is 18.2 Å². The third-order valence-electron chi connectivity index (χ3n) is 2.56. The Labute approximate surface area is 103 Å². The van der Waals surface area contributed by atoms with Crippen molar-refractivity contribution in [3.63, 3.8) is 0 Å². The van der Waals surface area contributed by atoms with Crippen molar-refractivity contribution in [2.75, 3.05) is 24.5 Å². The summed E-state index contributed by atoms with van der Waals surface area (Å²) in [4.78, 5) is 2.29. The van der Waals surface area contributed by atoms with Crippen LogP contribution in [0.1, 0.15) is 13.8 Å². The summed E-state index contributed by atoms with van der Waals surface area (Å²) in [6.45, 7) is 6.65. The molecule has 2 N–H and O–H groups in total. The maximum atomic E-state index is 5.91. The van der Waals surface area contributed by atoms with Crippen LogP contribution in [0.5, 0.6) is 5.75 Å². The normalized spacial score (nSPS) is 17.1. The van der Waals surface area contributed by atoms with Gasteiger partial charge in [-0.1, -0.05) is 12.1 Å². The van der Waals surface area contributed by atoms with Gasteiger partial charge in [0.2, 0.25) is 0 Å². The van der Waals surface area contributed by atoms with E-state index >= 15 is 0 Å². The number of anilines is 1. The van der Waals surface area contributed by atoms with Crippen LogP contribution in [0.25, 0.3) is 0 Å². The second-order valence-corrected chi connectivity index (χ2v) is 4.54. The molecule has 0 bridgehead atoms. The molecule has 0 atom stereocenters. The highest BCUT2D eigenvalue weighted by molar-refractivity contribution is 5.85. The summed E-state index contributed by atoms with van der Waals surface area (Å²) < 4.78 is 5.91. The molecule has 0 saturated heterocycles. The molecule has 0 amide bonds. The van der Waals surface area contributed by atoms with E-state index in [4.69, 9.17) is 10.5 Å². The van der Waals surface area contributed by atoms with Gasteiger partial charge in [-0.3, -0.25) is 0 Å². The lowest BCUT2D eigenvalue weighted by molar-refractivity contribution is 0.105. The smallest absolute Gasteiger partial charge is 0.143 e. The average Bonchev–Trinajstić information content (AvgIpc) is 2.16. The Morgan fingerprint density at radius 3 is 2.75 bits per heavy atom. The first kappa shape index (κ1) is 13.1. The fourth-order valence-electron chi connectivity index (χ4n) is 2.03. The number of hydrogen-bond donors (Lipinski definition) is 1. The molecule has 1 aliphatic heterocycles. The minimum absolute atomic E-state index is 0. The second kappa shape index (κ2) is 4.93. The van der Waals surface area contributed by atoms with Crippen LogP contribution in [0.15, 0.2) is 24.3 Å². The fourth-order valence-corrected chi connectivity index (χ4v) is 2.03. The number of ether oxygens (including phenoxy) is 1. The minimum Gasteiger partial charge on any atom is -0.484 e. The molecule has 2 rings (SSSR count). The SMILES string of the molecule is CC1(C)CN(CCN)c2ccccc2O1.Cl. The van der Waals surface area contributed by atoms with Crippen LogP contribution in [-0.2, 0) is 0 Å². The van der Waals surface area contributed by atoms with Gasteiger partial charge in [0, 0.05) is 13.1 Å². The molecule has 1 aromatic rings. The summed E-state index contributed by atoms with van der Waals surface area (Å²) >= 11 is 0. The predicted octanol–water partition coefficient (Wildman–Crippen LogP) is 2.04. The zero-order valence-electron chi connectivity index (χ0n) is 9.77. The molecule has 0 aromatic heterocycles. The van der Waals surface area contributed by atoms with Gasteiger partial charge in [-0.25, -0.2) is 0 Å². The second-order valence-electron chi connectivity index (χ2n) is 4.54. The molecule has 4 heteroatoms. The summed E-state index contributed by atoms with van der Waals surface area (Å²) in [5.41, 5.74) is 6.64. The predicted molar refractivity (Wildman–Crippen MR) is 69.7 cm³/mol. The largest absolute Gasteiger partial charge is 0.484 e. The lowest BCUT2D eigenvalue weighted by atomic mass is 10.1. The summed E-state index contributed by atoms with van der Waals surface area (Å²) in [5, 5.41) is 0. The molecule has 0 fully saturated rings. The van der Waals surface area contributed by atoms with E-state index in [0.29, 0.717) is 6.54 Å². The Bertz CT molecular complexity index is 355. The average molecular weight is 243 g/mol. The van der Waals surface area contributed by atoms with E-state index in [9.17, 15) is 0 Å². The van der Waals surface area contributed by atoms with Gasteiger partial charge in [-0.05, 0) is 26.0 Å². The number of nitrogens with two attached hydrogens (primary N) is 1. The lowest BCUT2D eigenvalue weighted by Crippen LogP contribution is -2.48. The van der Waals surface area contributed by atoms with Crippen LogP contribution < -0.4 is 15.4 Å². The number of para-hydroxylation sites is 2. The highest BCUT2D eigenvalue weighted by Gasteiger charge is 2.30. The van der Waals surface area contributed by atoms with Crippen molar-refractivity contribution in [1.82, 2.24) is 0 Å². The number of halogens is 1. The first-order valence-electron chi connectivity index (χ1n) is 5.35. The fraction of sp³-hybridized carbons (Fsp3) is 0.500. The van der Waals surface area contributed by atoms with E-state index in [1.165, 1.54) is 0 Å². The lowest BCUT2D eigenvalue weighted by Gasteiger charge is -2.40. The number of fused-ring (bicyclic) bond motifs is 1. The van der Waals surface area contributed by atoms with Crippen LogP contribution in [-0.4, -0.2) is 25.2 Å². The Morgan fingerprint density at radius 1 is 1.38 bits per heavy atom. The standard InChI is InChI=1S/C12H18N2O.ClH/c1-12(2)9-14(8-7-13)10-5-3-4-6-11(10)15-12;/h3-6H,7-9,13H2,1-2H3;1H. The highest BCUT2D eigenvalue weighted by Crippen LogP contribution is 2.36. The number of hydrogen-bond acceptors (Lipinski definition) is 3. The number of rotatable bonds is 2. The van der Waals surface area contributed by atoms with Gasteiger partial charge in [0.25, 0.3) is 0 Å². The van der Waals surface area contributed by atoms with Gasteiger partial charge in [-0.2, -0.15) is 0 Å². The van der Waals surface area contributed by atoms with Crippen molar-refractivity contribution in [2.24, 2.45) is 5.73 Å². The monoisotopic (exact) mass is 242 g/mol. The molecule has 0 unspecified atom stereocenters. The van der Waals surface area contributed by atoms with Crippen molar-refractivity contribution in [2.45, 2.75) is 19.4 Å². The molecule has 1 aromatic carbocycles. The third kappa shape index (κ3) is 2.60. The van der Waals surface area contributed by atoms with Gasteiger partial charge >= 0.3 is 0 Å². The number of nitrogens with zero attached hydrogens (tertiary/aromatic N) is 1. The Kier molecular flexibility index (Phi) is 4.05. The van der Waals surface area contributed by atoms with E-state index in [-0.39, 0.29) is 18.0 Å². The third-order valence-corrected chi connectivity index (χ3v) is 2.56. The topological polar surface area (TPSA) is 38.5 Å². The van der Waals surface area contributed by atoms with Gasteiger partial charge in [0.05, 0.1) is 12.2 Å². The first-order chi connectivity index (χ1) is 7.12. The molecular weight excluding hydrogens is 224 g/mol. The molecular formula is C12H19ClN2O. The van der Waals surface area contributed by atoms with Crippen molar-refractivity contribution in [3.05, 3.63) is 24.3 Å². The molecule has 16 heavy (non-hydrogen) atoms. The Balaban J connectivity index is 0.00000128. The molecule has 0 saturated carbocycles. The summed E-state index contributed by atoms with van der Waals surface area (Å²) in [7, 11) is 0. The maximum absolute atomic E-state index is 5.91. The highest BCUT2D eigenvalue weighted by atomic mass is 35.5. The van der Waals surface area contributed by atoms with Crippen LogP contribution in [0.3, 0.4) is 0 Å². The summed E-state index contributed by atoms with van der Waals surface area (Å²) in [6, 6.07) is 8.13. The van der Waals surface area contributed by atoms with E-state index in [2.05, 4.69) is 24.8 Å². The minimum atomic E-state index is -0.135. The van der Waals surface area contributed by atoms with Crippen molar-refractivity contribution in [3.8, 4) is 5.75 Å². The molecule has 0 aliphatic carbocycles. The molecule has 90 valence electrons. The van der Waals surface area contributed by atoms with Gasteiger partial charge in [0.1, 0.15) is 11.4 Å². The van der Waals surface area contributed by atoms with Crippen molar-refractivity contribution < 1.29 is 4.74 Å². The van der Waals surface area contributed by atoms with Crippen LogP contribution in [0, 0.1) is 0 Å². The van der Waals surface area contributed by atoms with E-state index in [0.717, 1.165) is 24.5 Å². The molecule has 1 heterocycles. The molecule has 0 radical (unpaired) electrons. The van der Waals surface area contributed by atoms with Crippen molar-refractivity contribution in [1.29, 1.82) is 0 Å². The van der Waals surface area contributed by atoms with E-state index < -0.39 is 0 Å². The van der Waals surface area contributed by atoms with Crippen LogP contribution in [0.4, 0.5) is 5.69 Å². The summed E-state index contributed by atoms with van der Waals surface area (Å²) in [6.07, 6.45) is 0. The van der Waals surface area contributed by atoms with Crippen LogP contribution in [0.2, 0.25) is 0 Å². The summed E-state index contributed by atoms with van der Waals surface area (Å²) in [5.74, 6) is 0.960. The van der Waals surface area contributed by atoms with Crippen molar-refractivity contribution >= 4 is 18.1 Å². The van der Waals surface area contributed by atoms with Gasteiger partial charge < -0.3 is 15.4 Å².